The molecule has 2 saturated heterocycles. The summed E-state index contributed by atoms with van der Waals surface area (Å²) in [5, 5.41) is 0. The molecule has 0 saturated carbocycles. The predicted octanol–water partition coefficient (Wildman–Crippen LogP) is 2.78. The average molecular weight is 317 g/mol. The fourth-order valence-corrected chi connectivity index (χ4v) is 2.89. The van der Waals surface area contributed by atoms with Gasteiger partial charge in [-0.2, -0.15) is 18.7 Å². The molecule has 2 fully saturated rings. The number of nitrogens with one attached hydrogen (secondary N) is 1. The number of rotatable bonds is 5. The van der Waals surface area contributed by atoms with Gasteiger partial charge in [-0.15, -0.1) is 0 Å². The molecule has 0 radical (unpaired) electrons. The monoisotopic (exact) mass is 317 g/mol. The highest BCUT2D eigenvalue weighted by Crippen LogP contribution is 2.39. The number of fused-ring (bicyclic) bond motifs is 1. The van der Waals surface area contributed by atoms with Crippen molar-refractivity contribution in [3.63, 3.8) is 0 Å². The van der Waals surface area contributed by atoms with E-state index in [4.69, 9.17) is 14.3 Å². The predicted molar refractivity (Wildman–Crippen MR) is 72.3 cm³/mol. The third-order valence-electron chi connectivity index (χ3n) is 4.13. The standard InChI is InChI=1S/C15H18F3NO3/c16-15(17,18)6-1-7-21-13-4-2-11(3-5-13)14-10-20-8-12(14)9-22-19-14/h2-5,12,19H,1,6-10H2/t12-,14?/m0/s1. The molecule has 0 bridgehead atoms. The molecule has 1 aromatic carbocycles. The molecule has 0 aliphatic carbocycles. The lowest BCUT2D eigenvalue weighted by Crippen LogP contribution is -2.41. The first kappa shape index (κ1) is 15.6. The second-order valence-corrected chi connectivity index (χ2v) is 5.69. The lowest BCUT2D eigenvalue weighted by Gasteiger charge is -2.26. The summed E-state index contributed by atoms with van der Waals surface area (Å²) in [6, 6.07) is 7.35. The van der Waals surface area contributed by atoms with Crippen LogP contribution in [0, 0.1) is 5.92 Å². The largest absolute Gasteiger partial charge is 0.494 e. The summed E-state index contributed by atoms with van der Waals surface area (Å²) in [6.07, 6.45) is -4.99. The maximum Gasteiger partial charge on any atom is 0.389 e. The Balaban J connectivity index is 1.57. The summed E-state index contributed by atoms with van der Waals surface area (Å²) in [7, 11) is 0. The van der Waals surface area contributed by atoms with Gasteiger partial charge >= 0.3 is 6.18 Å². The van der Waals surface area contributed by atoms with Gasteiger partial charge in [-0.05, 0) is 24.1 Å². The molecule has 22 heavy (non-hydrogen) atoms. The first-order chi connectivity index (χ1) is 10.5. The van der Waals surface area contributed by atoms with Crippen molar-refractivity contribution in [3.05, 3.63) is 29.8 Å². The number of ether oxygens (including phenoxy) is 2. The van der Waals surface area contributed by atoms with Crippen LogP contribution in [-0.4, -0.2) is 32.6 Å². The number of hydroxylamine groups is 1. The fourth-order valence-electron chi connectivity index (χ4n) is 2.89. The van der Waals surface area contributed by atoms with Crippen LogP contribution in [0.3, 0.4) is 0 Å². The van der Waals surface area contributed by atoms with Gasteiger partial charge in [-0.3, -0.25) is 0 Å². The Bertz CT molecular complexity index is 494. The summed E-state index contributed by atoms with van der Waals surface area (Å²) in [6.45, 7) is 1.86. The molecule has 2 aliphatic rings. The van der Waals surface area contributed by atoms with Crippen LogP contribution in [0.15, 0.2) is 24.3 Å². The van der Waals surface area contributed by atoms with Crippen molar-refractivity contribution in [2.75, 3.05) is 26.4 Å². The Morgan fingerprint density at radius 3 is 2.73 bits per heavy atom. The van der Waals surface area contributed by atoms with Crippen LogP contribution in [0.25, 0.3) is 0 Å². The number of hydrogen-bond acceptors (Lipinski definition) is 4. The van der Waals surface area contributed by atoms with E-state index >= 15 is 0 Å². The molecule has 2 aliphatic heterocycles. The maximum atomic E-state index is 12.0. The Kier molecular flexibility index (Phi) is 4.29. The normalized spacial score (nSPS) is 27.9. The first-order valence-corrected chi connectivity index (χ1v) is 7.26. The second kappa shape index (κ2) is 6.06. The van der Waals surface area contributed by atoms with Crippen LogP contribution in [0.5, 0.6) is 5.75 Å². The number of benzene rings is 1. The molecule has 0 aromatic heterocycles. The van der Waals surface area contributed by atoms with Crippen LogP contribution in [-0.2, 0) is 15.1 Å². The highest BCUT2D eigenvalue weighted by Gasteiger charge is 2.50. The van der Waals surface area contributed by atoms with Crippen molar-refractivity contribution in [1.29, 1.82) is 0 Å². The fraction of sp³-hybridized carbons (Fsp3) is 0.600. The molecule has 1 N–H and O–H groups in total. The molecule has 1 unspecified atom stereocenters. The molecular weight excluding hydrogens is 299 g/mol. The van der Waals surface area contributed by atoms with E-state index in [0.717, 1.165) is 5.56 Å². The van der Waals surface area contributed by atoms with Crippen LogP contribution in [0.4, 0.5) is 13.2 Å². The van der Waals surface area contributed by atoms with Gasteiger partial charge in [0, 0.05) is 12.3 Å². The van der Waals surface area contributed by atoms with Gasteiger partial charge in [0.05, 0.1) is 32.0 Å². The molecule has 4 nitrogen and oxygen atoms in total. The number of hydrogen-bond donors (Lipinski definition) is 1. The molecular formula is C15H18F3NO3. The van der Waals surface area contributed by atoms with E-state index in [1.54, 1.807) is 12.1 Å². The first-order valence-electron chi connectivity index (χ1n) is 7.26. The van der Waals surface area contributed by atoms with Crippen molar-refractivity contribution in [2.45, 2.75) is 24.6 Å². The van der Waals surface area contributed by atoms with Gasteiger partial charge in [0.2, 0.25) is 0 Å². The quantitative estimate of drug-likeness (QED) is 0.848. The highest BCUT2D eigenvalue weighted by atomic mass is 19.4. The minimum absolute atomic E-state index is 0.0412. The molecule has 7 heteroatoms. The summed E-state index contributed by atoms with van der Waals surface area (Å²) >= 11 is 0. The van der Waals surface area contributed by atoms with Crippen LogP contribution in [0.1, 0.15) is 18.4 Å². The van der Waals surface area contributed by atoms with Crippen molar-refractivity contribution in [2.24, 2.45) is 5.92 Å². The summed E-state index contributed by atoms with van der Waals surface area (Å²) in [5.74, 6) is 0.836. The minimum atomic E-state index is -4.13. The smallest absolute Gasteiger partial charge is 0.389 e. The summed E-state index contributed by atoms with van der Waals surface area (Å²) in [4.78, 5) is 5.34. The molecule has 0 amide bonds. The van der Waals surface area contributed by atoms with Crippen LogP contribution < -0.4 is 10.2 Å². The minimum Gasteiger partial charge on any atom is -0.494 e. The molecule has 3 rings (SSSR count). The van der Waals surface area contributed by atoms with Gasteiger partial charge in [0.25, 0.3) is 0 Å². The van der Waals surface area contributed by atoms with E-state index in [0.29, 0.717) is 25.6 Å². The van der Waals surface area contributed by atoms with Gasteiger partial charge in [0.15, 0.2) is 0 Å². The third-order valence-corrected chi connectivity index (χ3v) is 4.13. The topological polar surface area (TPSA) is 39.7 Å². The van der Waals surface area contributed by atoms with Crippen molar-refractivity contribution >= 4 is 0 Å². The van der Waals surface area contributed by atoms with Crippen LogP contribution >= 0.6 is 0 Å². The Morgan fingerprint density at radius 1 is 1.23 bits per heavy atom. The molecule has 0 spiro atoms. The van der Waals surface area contributed by atoms with Gasteiger partial charge in [-0.1, -0.05) is 12.1 Å². The molecule has 2 heterocycles. The Hall–Kier alpha value is -1.31. The van der Waals surface area contributed by atoms with E-state index in [9.17, 15) is 13.2 Å². The van der Waals surface area contributed by atoms with E-state index < -0.39 is 12.6 Å². The average Bonchev–Trinajstić information content (AvgIpc) is 3.03. The zero-order valence-electron chi connectivity index (χ0n) is 12.0. The highest BCUT2D eigenvalue weighted by molar-refractivity contribution is 5.34. The van der Waals surface area contributed by atoms with E-state index in [-0.39, 0.29) is 24.5 Å². The number of alkyl halides is 3. The third kappa shape index (κ3) is 3.21. The summed E-state index contributed by atoms with van der Waals surface area (Å²) < 4.78 is 47.0. The molecule has 2 atom stereocenters. The second-order valence-electron chi connectivity index (χ2n) is 5.69. The van der Waals surface area contributed by atoms with Crippen molar-refractivity contribution in [1.82, 2.24) is 5.48 Å². The van der Waals surface area contributed by atoms with Gasteiger partial charge < -0.3 is 14.3 Å². The lowest BCUT2D eigenvalue weighted by molar-refractivity contribution is -0.136. The SMILES string of the molecule is FC(F)(F)CCCOc1ccc(C23COC[C@H]2CON3)cc1. The zero-order valence-corrected chi connectivity index (χ0v) is 12.0. The van der Waals surface area contributed by atoms with E-state index in [1.165, 1.54) is 0 Å². The number of halogens is 3. The Labute approximate surface area is 126 Å². The van der Waals surface area contributed by atoms with Crippen molar-refractivity contribution < 1.29 is 27.5 Å². The van der Waals surface area contributed by atoms with Crippen molar-refractivity contribution in [3.8, 4) is 5.75 Å². The molecule has 122 valence electrons. The maximum absolute atomic E-state index is 12.0. The van der Waals surface area contributed by atoms with Crippen LogP contribution in [0.2, 0.25) is 0 Å². The lowest BCUT2D eigenvalue weighted by atomic mass is 9.82. The van der Waals surface area contributed by atoms with E-state index in [1.807, 2.05) is 12.1 Å². The summed E-state index contributed by atoms with van der Waals surface area (Å²) in [5.41, 5.74) is 3.76. The van der Waals surface area contributed by atoms with Gasteiger partial charge in [0.1, 0.15) is 5.75 Å². The van der Waals surface area contributed by atoms with E-state index in [2.05, 4.69) is 5.48 Å². The molecule has 1 aromatic rings. The zero-order chi connectivity index (χ0) is 15.6. The Morgan fingerprint density at radius 2 is 2.00 bits per heavy atom. The van der Waals surface area contributed by atoms with Gasteiger partial charge in [-0.25, -0.2) is 0 Å².